The molecule has 0 bridgehead atoms. The molecule has 0 unspecified atom stereocenters. The van der Waals surface area contributed by atoms with Crippen LogP contribution in [0.1, 0.15) is 0 Å². The highest BCUT2D eigenvalue weighted by atomic mass is 16.7. The van der Waals surface area contributed by atoms with Gasteiger partial charge in [0.15, 0.2) is 17.7 Å². The molecule has 1 aromatic heterocycles. The van der Waals surface area contributed by atoms with Crippen molar-refractivity contribution < 1.29 is 24.1 Å². The lowest BCUT2D eigenvalue weighted by molar-refractivity contribution is -0.646. The molecule has 0 spiro atoms. The fourth-order valence-electron chi connectivity index (χ4n) is 1.54. The summed E-state index contributed by atoms with van der Waals surface area (Å²) in [5, 5.41) is 21.6. The number of aromatic nitrogens is 1. The van der Waals surface area contributed by atoms with Crippen molar-refractivity contribution in [3.8, 4) is 11.5 Å². The van der Waals surface area contributed by atoms with E-state index in [0.717, 1.165) is 18.2 Å². The minimum atomic E-state index is -0.784. The predicted molar refractivity (Wildman–Crippen MR) is 72.3 cm³/mol. The molecule has 2 rings (SSSR count). The molecule has 0 atom stereocenters. The van der Waals surface area contributed by atoms with Crippen molar-refractivity contribution in [2.75, 3.05) is 7.11 Å². The van der Waals surface area contributed by atoms with Gasteiger partial charge in [0.2, 0.25) is 6.20 Å². The first-order chi connectivity index (χ1) is 10.5. The van der Waals surface area contributed by atoms with Gasteiger partial charge >= 0.3 is 5.69 Å². The maximum Gasteiger partial charge on any atom is 0.317 e. The fourth-order valence-corrected chi connectivity index (χ4v) is 1.54. The molecule has 0 aliphatic rings. The summed E-state index contributed by atoms with van der Waals surface area (Å²) in [6, 6.07) is 6.33. The number of nitrogens with zero attached hydrogens (tertiary/aromatic N) is 4. The van der Waals surface area contributed by atoms with E-state index in [0.29, 0.717) is 5.75 Å². The third-order valence-electron chi connectivity index (χ3n) is 2.58. The van der Waals surface area contributed by atoms with E-state index >= 15 is 0 Å². The molecule has 114 valence electrons. The highest BCUT2D eigenvalue weighted by Gasteiger charge is 2.19. The maximum absolute atomic E-state index is 10.9. The quantitative estimate of drug-likeness (QED) is 0.456. The van der Waals surface area contributed by atoms with Crippen LogP contribution in [0.2, 0.25) is 0 Å². The fraction of sp³-hybridized carbons (Fsp3) is 0.0833. The molecule has 0 N–H and O–H groups in total. The Morgan fingerprint density at radius 1 is 1.18 bits per heavy atom. The summed E-state index contributed by atoms with van der Waals surface area (Å²) in [6.45, 7) is 0. The van der Waals surface area contributed by atoms with Crippen LogP contribution in [-0.2, 0) is 0 Å². The molecule has 10 nitrogen and oxygen atoms in total. The van der Waals surface area contributed by atoms with E-state index in [-0.39, 0.29) is 5.75 Å². The monoisotopic (exact) mass is 306 g/mol. The first kappa shape index (κ1) is 15.0. The molecule has 2 aromatic rings. The summed E-state index contributed by atoms with van der Waals surface area (Å²) in [6.07, 6.45) is 3.01. The highest BCUT2D eigenvalue weighted by molar-refractivity contribution is 5.53. The van der Waals surface area contributed by atoms with Gasteiger partial charge in [0.25, 0.3) is 5.69 Å². The van der Waals surface area contributed by atoms with Crippen molar-refractivity contribution in [2.24, 2.45) is 0 Å². The molecule has 0 saturated carbocycles. The second-order valence-corrected chi connectivity index (χ2v) is 3.96. The molecule has 0 aliphatic carbocycles. The number of rotatable bonds is 6. The van der Waals surface area contributed by atoms with Crippen LogP contribution in [0, 0.1) is 20.2 Å². The first-order valence-corrected chi connectivity index (χ1v) is 5.88. The van der Waals surface area contributed by atoms with Gasteiger partial charge in [0, 0.05) is 12.1 Å². The Morgan fingerprint density at radius 2 is 1.95 bits per heavy atom. The van der Waals surface area contributed by atoms with Crippen LogP contribution in [0.4, 0.5) is 11.4 Å². The second kappa shape index (κ2) is 6.35. The Morgan fingerprint density at radius 3 is 2.59 bits per heavy atom. The number of ether oxygens (including phenoxy) is 1. The Bertz CT molecular complexity index is 721. The number of benzene rings is 1. The third-order valence-corrected chi connectivity index (χ3v) is 2.58. The zero-order valence-corrected chi connectivity index (χ0v) is 11.3. The van der Waals surface area contributed by atoms with Crippen molar-refractivity contribution in [3.05, 3.63) is 68.5 Å². The minimum absolute atomic E-state index is 0.217. The van der Waals surface area contributed by atoms with Gasteiger partial charge in [-0.3, -0.25) is 25.8 Å². The number of nitro benzene ring substituents is 2. The van der Waals surface area contributed by atoms with Gasteiger partial charge in [-0.1, -0.05) is 0 Å². The maximum atomic E-state index is 10.9. The van der Waals surface area contributed by atoms with Gasteiger partial charge in [0.05, 0.1) is 23.0 Å². The van der Waals surface area contributed by atoms with E-state index in [4.69, 9.17) is 9.57 Å². The van der Waals surface area contributed by atoms with Crippen molar-refractivity contribution in [2.45, 2.75) is 0 Å². The third kappa shape index (κ3) is 3.36. The molecule has 0 amide bonds. The van der Waals surface area contributed by atoms with Crippen molar-refractivity contribution in [1.29, 1.82) is 0 Å². The Kier molecular flexibility index (Phi) is 4.32. The van der Waals surface area contributed by atoms with Gasteiger partial charge in [-0.05, 0) is 12.1 Å². The van der Waals surface area contributed by atoms with E-state index in [1.165, 1.54) is 24.2 Å². The molecule has 10 heteroatoms. The van der Waals surface area contributed by atoms with E-state index in [2.05, 4.69) is 5.59 Å². The molecule has 0 radical (unpaired) electrons. The summed E-state index contributed by atoms with van der Waals surface area (Å²) < 4.78 is 6.23. The summed E-state index contributed by atoms with van der Waals surface area (Å²) in [7, 11) is 1.47. The number of non-ortho nitro benzene ring substituents is 1. The molecule has 1 heterocycles. The summed E-state index contributed by atoms with van der Waals surface area (Å²) in [5.41, 5.74) is 2.70. The van der Waals surface area contributed by atoms with Crippen molar-refractivity contribution in [3.63, 3.8) is 0 Å². The molecule has 0 fully saturated rings. The van der Waals surface area contributed by atoms with E-state index in [1.807, 2.05) is 0 Å². The zero-order chi connectivity index (χ0) is 16.1. The average Bonchev–Trinajstić information content (AvgIpc) is 2.52. The molecular formula is C12H10N4O6. The highest BCUT2D eigenvalue weighted by Crippen LogP contribution is 2.31. The Hall–Kier alpha value is -3.43. The normalized spacial score (nSPS) is 9.86. The van der Waals surface area contributed by atoms with E-state index < -0.39 is 21.2 Å². The summed E-state index contributed by atoms with van der Waals surface area (Å²) in [5.74, 6) is 0.291. The van der Waals surface area contributed by atoms with Crippen LogP contribution < -0.4 is 14.3 Å². The van der Waals surface area contributed by atoms with Crippen LogP contribution in [0.3, 0.4) is 0 Å². The number of hydrogen-bond acceptors (Lipinski definition) is 6. The lowest BCUT2D eigenvalue weighted by Gasteiger charge is -2.15. The summed E-state index contributed by atoms with van der Waals surface area (Å²) >= 11 is 0. The topological polar surface area (TPSA) is 123 Å². The largest absolute Gasteiger partial charge is 0.499 e. The zero-order valence-electron chi connectivity index (χ0n) is 11.3. The van der Waals surface area contributed by atoms with Gasteiger partial charge in [-0.25, -0.2) is 4.68 Å². The van der Waals surface area contributed by atoms with Crippen LogP contribution in [0.25, 0.3) is 5.59 Å². The van der Waals surface area contributed by atoms with Crippen LogP contribution >= 0.6 is 0 Å². The first-order valence-electron chi connectivity index (χ1n) is 5.88. The van der Waals surface area contributed by atoms with Crippen LogP contribution in [0.5, 0.6) is 11.5 Å². The Labute approximate surface area is 123 Å². The number of methoxy groups -OCH3 is 1. The Balaban J connectivity index is 2.21. The van der Waals surface area contributed by atoms with Crippen molar-refractivity contribution in [1.82, 2.24) is 0 Å². The van der Waals surface area contributed by atoms with E-state index in [1.54, 1.807) is 12.1 Å². The van der Waals surface area contributed by atoms with Crippen LogP contribution in [-0.4, -0.2) is 17.0 Å². The lowest BCUT2D eigenvalue weighted by Crippen LogP contribution is -2.30. The van der Waals surface area contributed by atoms with Crippen molar-refractivity contribution >= 4 is 11.4 Å². The van der Waals surface area contributed by atoms with Gasteiger partial charge in [-0.15, -0.1) is 0 Å². The number of pyridine rings is 1. The molecule has 0 aliphatic heterocycles. The number of hydrogen-bond donors (Lipinski definition) is 0. The molecular weight excluding hydrogens is 296 g/mol. The SMILES string of the molecule is COc1ccc[n+]([N-]Oc2ccc([N+](=O)[O-])cc2[N+](=O)[O-])c1. The smallest absolute Gasteiger partial charge is 0.317 e. The van der Waals surface area contributed by atoms with Gasteiger partial charge in [0.1, 0.15) is 0 Å². The molecule has 1 aromatic carbocycles. The summed E-state index contributed by atoms with van der Waals surface area (Å²) in [4.78, 5) is 25.1. The van der Waals surface area contributed by atoms with Crippen LogP contribution in [0.15, 0.2) is 42.7 Å². The molecule has 0 saturated heterocycles. The minimum Gasteiger partial charge on any atom is -0.499 e. The van der Waals surface area contributed by atoms with Gasteiger partial charge in [-0.2, -0.15) is 0 Å². The second-order valence-electron chi connectivity index (χ2n) is 3.96. The average molecular weight is 306 g/mol. The standard InChI is InChI=1S/C12H10N4O6/c1-21-10-3-2-6-14(8-10)13-22-12-5-4-9(15(17)18)7-11(12)16(19)20/h2-8H,1H3. The van der Waals surface area contributed by atoms with Gasteiger partial charge < -0.3 is 9.57 Å². The number of nitro groups is 2. The van der Waals surface area contributed by atoms with E-state index in [9.17, 15) is 20.2 Å². The molecule has 22 heavy (non-hydrogen) atoms. The lowest BCUT2D eigenvalue weighted by atomic mass is 10.2. The predicted octanol–water partition coefficient (Wildman–Crippen LogP) is 1.93.